The Morgan fingerprint density at radius 2 is 2.05 bits per heavy atom. The molecule has 8 heteroatoms. The summed E-state index contributed by atoms with van der Waals surface area (Å²) in [6.45, 7) is 7.37. The standard InChI is InChI=1S/C13H17N3O3S2/c1-4-16(5-2)13-15-11-9(21-13)6-8(20-11)10(17)14-7(3)12(18)19/h6-7H,4-5H2,1-3H3,(H,14,17)(H,18,19)/t7-/m0/s1. The summed E-state index contributed by atoms with van der Waals surface area (Å²) in [6.07, 6.45) is 0. The molecule has 21 heavy (non-hydrogen) atoms. The highest BCUT2D eigenvalue weighted by Crippen LogP contribution is 2.34. The number of thiophene rings is 1. The largest absolute Gasteiger partial charge is 0.480 e. The van der Waals surface area contributed by atoms with Crippen molar-refractivity contribution < 1.29 is 14.7 Å². The lowest BCUT2D eigenvalue weighted by Gasteiger charge is -2.16. The van der Waals surface area contributed by atoms with Gasteiger partial charge < -0.3 is 15.3 Å². The molecule has 2 heterocycles. The molecule has 0 fully saturated rings. The predicted molar refractivity (Wildman–Crippen MR) is 85.6 cm³/mol. The second kappa shape index (κ2) is 6.40. The van der Waals surface area contributed by atoms with E-state index in [-0.39, 0.29) is 5.91 Å². The van der Waals surface area contributed by atoms with Crippen LogP contribution in [0.15, 0.2) is 6.07 Å². The van der Waals surface area contributed by atoms with E-state index in [2.05, 4.69) is 29.0 Å². The molecule has 0 aliphatic rings. The lowest BCUT2D eigenvalue weighted by molar-refractivity contribution is -0.138. The average Bonchev–Trinajstić information content (AvgIpc) is 2.98. The van der Waals surface area contributed by atoms with E-state index in [1.54, 1.807) is 17.4 Å². The minimum Gasteiger partial charge on any atom is -0.480 e. The number of amides is 1. The van der Waals surface area contributed by atoms with Crippen molar-refractivity contribution in [1.82, 2.24) is 10.3 Å². The van der Waals surface area contributed by atoms with E-state index >= 15 is 0 Å². The summed E-state index contributed by atoms with van der Waals surface area (Å²) in [7, 11) is 0. The first-order valence-corrected chi connectivity index (χ1v) is 8.28. The third-order valence-electron chi connectivity index (χ3n) is 3.05. The summed E-state index contributed by atoms with van der Waals surface area (Å²) in [4.78, 5) is 30.7. The Morgan fingerprint density at radius 1 is 1.38 bits per heavy atom. The monoisotopic (exact) mass is 327 g/mol. The second-order valence-electron chi connectivity index (χ2n) is 4.48. The van der Waals surface area contributed by atoms with E-state index in [1.165, 1.54) is 18.3 Å². The summed E-state index contributed by atoms with van der Waals surface area (Å²) >= 11 is 2.83. The molecular formula is C13H17N3O3S2. The van der Waals surface area contributed by atoms with Gasteiger partial charge in [0.2, 0.25) is 0 Å². The van der Waals surface area contributed by atoms with Crippen molar-refractivity contribution in [2.45, 2.75) is 26.8 Å². The van der Waals surface area contributed by atoms with Crippen LogP contribution in [0.1, 0.15) is 30.4 Å². The molecule has 0 aliphatic carbocycles. The molecule has 2 rings (SSSR count). The van der Waals surface area contributed by atoms with Gasteiger partial charge in [-0.25, -0.2) is 4.98 Å². The number of nitrogens with one attached hydrogen (secondary N) is 1. The van der Waals surface area contributed by atoms with E-state index in [0.717, 1.165) is 27.8 Å². The first kappa shape index (κ1) is 15.7. The Morgan fingerprint density at radius 3 is 2.57 bits per heavy atom. The van der Waals surface area contributed by atoms with Crippen LogP contribution in [0.25, 0.3) is 9.53 Å². The number of aromatic nitrogens is 1. The number of carboxylic acids is 1. The summed E-state index contributed by atoms with van der Waals surface area (Å²) in [5.74, 6) is -1.42. The fourth-order valence-electron chi connectivity index (χ4n) is 1.79. The number of hydrogen-bond acceptors (Lipinski definition) is 6. The van der Waals surface area contributed by atoms with Crippen molar-refractivity contribution in [3.63, 3.8) is 0 Å². The van der Waals surface area contributed by atoms with Gasteiger partial charge in [-0.2, -0.15) is 0 Å². The van der Waals surface area contributed by atoms with Crippen molar-refractivity contribution in [3.05, 3.63) is 10.9 Å². The highest BCUT2D eigenvalue weighted by molar-refractivity contribution is 7.29. The Balaban J connectivity index is 2.18. The first-order chi connectivity index (χ1) is 9.96. The van der Waals surface area contributed by atoms with Gasteiger partial charge in [-0.1, -0.05) is 11.3 Å². The molecule has 114 valence electrons. The van der Waals surface area contributed by atoms with Gasteiger partial charge in [0.05, 0.1) is 9.58 Å². The highest BCUT2D eigenvalue weighted by atomic mass is 32.1. The number of hydrogen-bond donors (Lipinski definition) is 2. The van der Waals surface area contributed by atoms with Gasteiger partial charge in [-0.3, -0.25) is 9.59 Å². The zero-order chi connectivity index (χ0) is 15.6. The predicted octanol–water partition coefficient (Wildman–Crippen LogP) is 2.41. The quantitative estimate of drug-likeness (QED) is 0.851. The Hall–Kier alpha value is -1.67. The van der Waals surface area contributed by atoms with Gasteiger partial charge in [0.15, 0.2) is 5.13 Å². The average molecular weight is 327 g/mol. The van der Waals surface area contributed by atoms with Gasteiger partial charge in [0, 0.05) is 13.1 Å². The van der Waals surface area contributed by atoms with E-state index in [1.807, 2.05) is 0 Å². The molecule has 1 atom stereocenters. The summed E-state index contributed by atoms with van der Waals surface area (Å²) in [6, 6.07) is 0.867. The maximum absolute atomic E-state index is 12.0. The lowest BCUT2D eigenvalue weighted by Crippen LogP contribution is -2.37. The fraction of sp³-hybridized carbons (Fsp3) is 0.462. The lowest BCUT2D eigenvalue weighted by atomic mass is 10.3. The zero-order valence-electron chi connectivity index (χ0n) is 12.0. The van der Waals surface area contributed by atoms with Crippen LogP contribution in [-0.2, 0) is 4.79 Å². The molecule has 2 aromatic heterocycles. The molecule has 0 spiro atoms. The molecule has 0 bridgehead atoms. The Bertz CT molecular complexity index is 629. The number of anilines is 1. The van der Waals surface area contributed by atoms with Crippen LogP contribution in [0.5, 0.6) is 0 Å². The van der Waals surface area contributed by atoms with Crippen LogP contribution in [0.3, 0.4) is 0 Å². The number of fused-ring (bicyclic) bond motifs is 1. The number of aliphatic carboxylic acids is 1. The minimum atomic E-state index is -1.05. The third-order valence-corrected chi connectivity index (χ3v) is 5.27. The van der Waals surface area contributed by atoms with Crippen LogP contribution < -0.4 is 10.2 Å². The van der Waals surface area contributed by atoms with Crippen molar-refractivity contribution in [1.29, 1.82) is 0 Å². The molecule has 0 saturated heterocycles. The van der Waals surface area contributed by atoms with Gasteiger partial charge in [0.25, 0.3) is 5.91 Å². The summed E-state index contributed by atoms with van der Waals surface area (Å²) < 4.78 is 0.954. The van der Waals surface area contributed by atoms with Crippen molar-refractivity contribution in [2.24, 2.45) is 0 Å². The Labute approximate surface area is 130 Å². The molecule has 0 saturated carbocycles. The molecule has 0 radical (unpaired) electrons. The topological polar surface area (TPSA) is 82.5 Å². The highest BCUT2D eigenvalue weighted by Gasteiger charge is 2.19. The third kappa shape index (κ3) is 3.33. The first-order valence-electron chi connectivity index (χ1n) is 6.65. The SMILES string of the molecule is CCN(CC)c1nc2sc(C(=O)N[C@@H](C)C(=O)O)cc2s1. The van der Waals surface area contributed by atoms with E-state index in [4.69, 9.17) is 5.11 Å². The zero-order valence-corrected chi connectivity index (χ0v) is 13.7. The molecular weight excluding hydrogens is 310 g/mol. The number of carboxylic acid groups (broad SMARTS) is 1. The number of thiazole rings is 1. The number of rotatable bonds is 6. The van der Waals surface area contributed by atoms with Crippen LogP contribution >= 0.6 is 22.7 Å². The van der Waals surface area contributed by atoms with Gasteiger partial charge in [-0.05, 0) is 26.8 Å². The molecule has 0 aromatic carbocycles. The van der Waals surface area contributed by atoms with E-state index in [9.17, 15) is 9.59 Å². The van der Waals surface area contributed by atoms with Crippen molar-refractivity contribution in [2.75, 3.05) is 18.0 Å². The summed E-state index contributed by atoms with van der Waals surface area (Å²) in [5, 5.41) is 12.2. The normalized spacial score (nSPS) is 12.3. The van der Waals surface area contributed by atoms with Gasteiger partial charge in [0.1, 0.15) is 10.9 Å². The van der Waals surface area contributed by atoms with Crippen LogP contribution in [0, 0.1) is 0 Å². The second-order valence-corrected chi connectivity index (χ2v) is 6.52. The Kier molecular flexibility index (Phi) is 4.79. The maximum Gasteiger partial charge on any atom is 0.325 e. The van der Waals surface area contributed by atoms with Crippen molar-refractivity contribution >= 4 is 49.2 Å². The molecule has 6 nitrogen and oxygen atoms in total. The molecule has 1 amide bonds. The van der Waals surface area contributed by atoms with Crippen LogP contribution in [-0.4, -0.2) is 41.1 Å². The maximum atomic E-state index is 12.0. The smallest absolute Gasteiger partial charge is 0.325 e. The van der Waals surface area contributed by atoms with E-state index < -0.39 is 12.0 Å². The number of carbonyl (C=O) groups excluding carboxylic acids is 1. The number of nitrogens with zero attached hydrogens (tertiary/aromatic N) is 2. The van der Waals surface area contributed by atoms with Crippen LogP contribution in [0.4, 0.5) is 5.13 Å². The van der Waals surface area contributed by atoms with E-state index in [0.29, 0.717) is 4.88 Å². The fourth-order valence-corrected chi connectivity index (χ4v) is 4.04. The number of carbonyl (C=O) groups is 2. The molecule has 2 N–H and O–H groups in total. The molecule has 0 unspecified atom stereocenters. The van der Waals surface area contributed by atoms with Crippen LogP contribution in [0.2, 0.25) is 0 Å². The molecule has 2 aromatic rings. The van der Waals surface area contributed by atoms with Gasteiger partial charge >= 0.3 is 5.97 Å². The minimum absolute atomic E-state index is 0.371. The van der Waals surface area contributed by atoms with Gasteiger partial charge in [-0.15, -0.1) is 11.3 Å². The summed E-state index contributed by atoms with van der Waals surface area (Å²) in [5.41, 5.74) is 0. The molecule has 0 aliphatic heterocycles. The van der Waals surface area contributed by atoms with Crippen molar-refractivity contribution in [3.8, 4) is 0 Å².